The van der Waals surface area contributed by atoms with Crippen molar-refractivity contribution in [2.45, 2.75) is 51.2 Å². The molecule has 3 N–H and O–H groups in total. The van der Waals surface area contributed by atoms with E-state index >= 15 is 0 Å². The van der Waals surface area contributed by atoms with Gasteiger partial charge in [0, 0.05) is 24.5 Å². The van der Waals surface area contributed by atoms with Crippen LogP contribution in [0, 0.1) is 0 Å². The van der Waals surface area contributed by atoms with Gasteiger partial charge in [-0.05, 0) is 39.8 Å². The van der Waals surface area contributed by atoms with Crippen molar-refractivity contribution < 1.29 is 50.5 Å². The van der Waals surface area contributed by atoms with E-state index in [0.29, 0.717) is 12.4 Å². The summed E-state index contributed by atoms with van der Waals surface area (Å²) in [5, 5.41) is 8.75. The predicted octanol–water partition coefficient (Wildman–Crippen LogP) is 4.09. The van der Waals surface area contributed by atoms with Crippen molar-refractivity contribution in [1.82, 2.24) is 9.97 Å². The normalized spacial score (nSPS) is 12.3. The Morgan fingerprint density at radius 3 is 1.35 bits per heavy atom. The number of carboxylic acid groups (broad SMARTS) is 1. The van der Waals surface area contributed by atoms with Gasteiger partial charge >= 0.3 is 18.3 Å². The molecular weight excluding hydrogens is 476 g/mol. The number of carboxylic acids is 1. The van der Waals surface area contributed by atoms with Gasteiger partial charge in [-0.25, -0.2) is 14.8 Å². The molecule has 0 saturated carbocycles. The lowest BCUT2D eigenvalue weighted by molar-refractivity contribution is -0.152. The first-order valence-electron chi connectivity index (χ1n) is 9.23. The van der Waals surface area contributed by atoms with Crippen molar-refractivity contribution in [2.75, 3.05) is 0 Å². The Balaban J connectivity index is 0.000000340. The van der Waals surface area contributed by atoms with Crippen molar-refractivity contribution in [3.05, 3.63) is 47.8 Å². The number of alkyl halides is 6. The highest BCUT2D eigenvalue weighted by Crippen LogP contribution is 2.30. The monoisotopic (exact) mass is 497 g/mol. The molecule has 0 radical (unpaired) electrons. The number of hydrogen-bond acceptors (Lipinski definition) is 6. The van der Waals surface area contributed by atoms with Gasteiger partial charge in [-0.2, -0.15) is 26.3 Å². The molecule has 0 atom stereocenters. The first kappa shape index (κ1) is 28.5. The molecule has 0 aliphatic heterocycles. The number of ether oxygens (including phenoxy) is 2. The number of carbonyl (C=O) groups excluding carboxylic acids is 1. The van der Waals surface area contributed by atoms with E-state index in [9.17, 15) is 35.9 Å². The average Bonchev–Trinajstić information content (AvgIpc) is 2.67. The number of carbonyl (C=O) groups is 2. The number of nitrogens with two attached hydrogens (primary N) is 1. The fourth-order valence-electron chi connectivity index (χ4n) is 1.83. The van der Waals surface area contributed by atoms with Crippen molar-refractivity contribution >= 4 is 11.9 Å². The molecule has 0 bridgehead atoms. The fourth-order valence-corrected chi connectivity index (χ4v) is 1.83. The highest BCUT2D eigenvalue weighted by Gasteiger charge is 2.33. The van der Waals surface area contributed by atoms with E-state index < -0.39 is 46.6 Å². The lowest BCUT2D eigenvalue weighted by atomic mass is 10.1. The molecule has 0 spiro atoms. The number of hydrogen-bond donors (Lipinski definition) is 2. The minimum absolute atomic E-state index is 0.0956. The smallest absolute Gasteiger partial charge is 0.417 e. The number of aliphatic carboxylic acids is 1. The summed E-state index contributed by atoms with van der Waals surface area (Å²) >= 11 is 0. The molecule has 34 heavy (non-hydrogen) atoms. The van der Waals surface area contributed by atoms with Crippen LogP contribution < -0.4 is 15.2 Å². The van der Waals surface area contributed by atoms with Gasteiger partial charge < -0.3 is 20.3 Å². The quantitative estimate of drug-likeness (QED) is 0.576. The van der Waals surface area contributed by atoms with Gasteiger partial charge in [0.25, 0.3) is 5.91 Å². The van der Waals surface area contributed by atoms with Crippen LogP contribution in [0.15, 0.2) is 36.7 Å². The van der Waals surface area contributed by atoms with Gasteiger partial charge in [0.05, 0.1) is 11.1 Å². The standard InChI is InChI=1S/C10H11F3N2O2.C10H10F3NO3/c1-9(2,8(14)16)17-7-4-3-6(5-15-7)10(11,12)13;1-9(2,8(15)16)17-7-4-3-6(5-14-7)10(11,12)13/h3-5H,1-2H3,(H2,14,16);3-5H,1-2H3,(H,15,16). The summed E-state index contributed by atoms with van der Waals surface area (Å²) in [5.41, 5.74) is 0.364. The van der Waals surface area contributed by atoms with E-state index in [4.69, 9.17) is 20.3 Å². The van der Waals surface area contributed by atoms with Crippen molar-refractivity contribution in [3.63, 3.8) is 0 Å². The molecule has 2 rings (SSSR count). The fraction of sp³-hybridized carbons (Fsp3) is 0.400. The van der Waals surface area contributed by atoms with Gasteiger partial charge in [0.2, 0.25) is 17.4 Å². The predicted molar refractivity (Wildman–Crippen MR) is 105 cm³/mol. The zero-order valence-corrected chi connectivity index (χ0v) is 18.3. The average molecular weight is 497 g/mol. The molecular formula is C20H21F6N3O5. The molecule has 0 aliphatic carbocycles. The third kappa shape index (κ3) is 8.41. The van der Waals surface area contributed by atoms with Crippen LogP contribution in [-0.4, -0.2) is 38.2 Å². The van der Waals surface area contributed by atoms with Gasteiger partial charge in [0.15, 0.2) is 5.60 Å². The number of pyridine rings is 2. The van der Waals surface area contributed by atoms with Gasteiger partial charge in [-0.3, -0.25) is 4.79 Å². The summed E-state index contributed by atoms with van der Waals surface area (Å²) in [5.74, 6) is -2.24. The summed E-state index contributed by atoms with van der Waals surface area (Å²) in [4.78, 5) is 28.5. The minimum atomic E-state index is -4.48. The number of amides is 1. The summed E-state index contributed by atoms with van der Waals surface area (Å²) in [6, 6.07) is 3.61. The molecule has 2 aromatic rings. The minimum Gasteiger partial charge on any atom is -0.478 e. The molecule has 0 unspecified atom stereocenters. The van der Waals surface area contributed by atoms with Crippen molar-refractivity contribution in [1.29, 1.82) is 0 Å². The highest BCUT2D eigenvalue weighted by molar-refractivity contribution is 5.82. The van der Waals surface area contributed by atoms with E-state index in [0.717, 1.165) is 24.3 Å². The summed E-state index contributed by atoms with van der Waals surface area (Å²) < 4.78 is 83.4. The molecule has 2 aromatic heterocycles. The molecule has 0 saturated heterocycles. The summed E-state index contributed by atoms with van der Waals surface area (Å²) in [6.45, 7) is 5.34. The third-order valence-corrected chi connectivity index (χ3v) is 3.96. The largest absolute Gasteiger partial charge is 0.478 e. The second-order valence-electron chi connectivity index (χ2n) is 7.66. The zero-order valence-electron chi connectivity index (χ0n) is 18.3. The lowest BCUT2D eigenvalue weighted by Gasteiger charge is -2.21. The molecule has 1 amide bonds. The second-order valence-corrected chi connectivity index (χ2v) is 7.66. The van der Waals surface area contributed by atoms with E-state index in [1.807, 2.05) is 0 Å². The molecule has 2 heterocycles. The van der Waals surface area contributed by atoms with Gasteiger partial charge in [0.1, 0.15) is 0 Å². The zero-order chi connectivity index (χ0) is 26.5. The number of aromatic nitrogens is 2. The molecule has 14 heteroatoms. The summed E-state index contributed by atoms with van der Waals surface area (Å²) in [6.07, 6.45) is -7.71. The number of rotatable bonds is 6. The SMILES string of the molecule is CC(C)(Oc1ccc(C(F)(F)F)cn1)C(=O)O.CC(C)(Oc1ccc(C(F)(F)F)cn1)C(N)=O. The van der Waals surface area contributed by atoms with E-state index in [-0.39, 0.29) is 11.8 Å². The second kappa shape index (κ2) is 10.1. The first-order valence-corrected chi connectivity index (χ1v) is 9.23. The molecule has 0 aliphatic rings. The molecule has 188 valence electrons. The van der Waals surface area contributed by atoms with Crippen molar-refractivity contribution in [3.8, 4) is 11.8 Å². The molecule has 0 aromatic carbocycles. The maximum Gasteiger partial charge on any atom is 0.417 e. The van der Waals surface area contributed by atoms with Crippen LogP contribution >= 0.6 is 0 Å². The Hall–Kier alpha value is -3.58. The number of nitrogens with zero attached hydrogens (tertiary/aromatic N) is 2. The molecule has 8 nitrogen and oxygen atoms in total. The van der Waals surface area contributed by atoms with Crippen LogP contribution in [0.1, 0.15) is 38.8 Å². The van der Waals surface area contributed by atoms with Crippen molar-refractivity contribution in [2.24, 2.45) is 5.73 Å². The van der Waals surface area contributed by atoms with Gasteiger partial charge in [-0.1, -0.05) is 0 Å². The van der Waals surface area contributed by atoms with Crippen LogP contribution in [0.25, 0.3) is 0 Å². The maximum absolute atomic E-state index is 12.2. The van der Waals surface area contributed by atoms with Crippen LogP contribution in [0.5, 0.6) is 11.8 Å². The molecule has 0 fully saturated rings. The summed E-state index contributed by atoms with van der Waals surface area (Å²) in [7, 11) is 0. The Bertz CT molecular complexity index is 906. The highest BCUT2D eigenvalue weighted by atomic mass is 19.4. The van der Waals surface area contributed by atoms with E-state index in [2.05, 4.69) is 9.97 Å². The maximum atomic E-state index is 12.2. The Morgan fingerprint density at radius 1 is 0.765 bits per heavy atom. The van der Waals surface area contributed by atoms with E-state index in [1.54, 1.807) is 0 Å². The Morgan fingerprint density at radius 2 is 1.12 bits per heavy atom. The topological polar surface area (TPSA) is 125 Å². The number of primary amides is 1. The first-order chi connectivity index (χ1) is 15.3. The van der Waals surface area contributed by atoms with Crippen LogP contribution in [0.2, 0.25) is 0 Å². The van der Waals surface area contributed by atoms with E-state index in [1.165, 1.54) is 27.7 Å². The van der Waals surface area contributed by atoms with Crippen LogP contribution in [0.3, 0.4) is 0 Å². The van der Waals surface area contributed by atoms with Gasteiger partial charge in [-0.15, -0.1) is 0 Å². The van der Waals surface area contributed by atoms with Crippen LogP contribution in [-0.2, 0) is 21.9 Å². The van der Waals surface area contributed by atoms with Crippen LogP contribution in [0.4, 0.5) is 26.3 Å². The Kier molecular flexibility index (Phi) is 8.48. The Labute approximate surface area is 189 Å². The third-order valence-electron chi connectivity index (χ3n) is 3.96. The number of halogens is 6. The lowest BCUT2D eigenvalue weighted by Crippen LogP contribution is -2.43.